The molecule has 10 aromatic rings. The molecule has 0 fully saturated rings. The van der Waals surface area contributed by atoms with Gasteiger partial charge in [0.25, 0.3) is 0 Å². The summed E-state index contributed by atoms with van der Waals surface area (Å²) >= 11 is 0. The summed E-state index contributed by atoms with van der Waals surface area (Å²) in [5, 5.41) is 6.62. The molecule has 0 atom stereocenters. The van der Waals surface area contributed by atoms with E-state index in [0.717, 1.165) is 76.9 Å². The summed E-state index contributed by atoms with van der Waals surface area (Å²) in [6, 6.07) is 57.2. The van der Waals surface area contributed by atoms with E-state index in [2.05, 4.69) is 109 Å². The Bertz CT molecular complexity index is 3030. The molecule has 0 aliphatic rings. The summed E-state index contributed by atoms with van der Waals surface area (Å²) in [5.41, 5.74) is 10.2. The van der Waals surface area contributed by atoms with Crippen LogP contribution in [0.5, 0.6) is 0 Å². The van der Waals surface area contributed by atoms with Gasteiger partial charge in [0.2, 0.25) is 0 Å². The molecule has 1 heterocycles. The standard InChI is InChI=1S/C50H32O/c1-3-12-33(13-4-1)35-22-24-36(25-23-35)37-26-28-38(29-27-37)48-40-16-7-9-18-42(40)49(43-19-10-8-17-41(43)48)44-20-11-21-47-50(44)45-32-39(30-31-46(45)51-47)34-14-5-2-6-15-34/h1-32H/i22D,23D,24D,25D. The van der Waals surface area contributed by atoms with E-state index in [9.17, 15) is 0 Å². The fourth-order valence-corrected chi connectivity index (χ4v) is 7.58. The molecule has 10 rings (SSSR count). The predicted octanol–water partition coefficient (Wildman–Crippen LogP) is 14.2. The summed E-state index contributed by atoms with van der Waals surface area (Å²) in [4.78, 5) is 0. The topological polar surface area (TPSA) is 13.1 Å². The number of fused-ring (bicyclic) bond motifs is 5. The summed E-state index contributed by atoms with van der Waals surface area (Å²) in [5.74, 6) is 0. The number of hydrogen-bond donors (Lipinski definition) is 0. The van der Waals surface area contributed by atoms with E-state index in [1.54, 1.807) is 0 Å². The zero-order chi connectivity index (χ0) is 37.2. The van der Waals surface area contributed by atoms with Crippen molar-refractivity contribution in [3.8, 4) is 55.6 Å². The zero-order valence-electron chi connectivity index (χ0n) is 31.6. The SMILES string of the molecule is [2H]c1c([2H])c(-c2ccc(-c3c4ccccc4c(-c4cccc5oc6ccc(-c7ccccc7)cc6c45)c4ccccc34)cc2)c([2H])c([2H])c1-c1ccccc1. The van der Waals surface area contributed by atoms with Gasteiger partial charge in [0.05, 0.1) is 5.48 Å². The molecule has 0 aliphatic heterocycles. The normalized spacial score (nSPS) is 12.6. The molecule has 0 N–H and O–H groups in total. The highest BCUT2D eigenvalue weighted by Gasteiger charge is 2.20. The minimum absolute atomic E-state index is 0.0458. The van der Waals surface area contributed by atoms with Crippen molar-refractivity contribution in [3.05, 3.63) is 194 Å². The number of benzene rings is 9. The van der Waals surface area contributed by atoms with Crippen molar-refractivity contribution in [2.45, 2.75) is 0 Å². The van der Waals surface area contributed by atoms with Gasteiger partial charge in [0.15, 0.2) is 0 Å². The molecule has 1 nitrogen and oxygen atoms in total. The Morgan fingerprint density at radius 3 is 1.37 bits per heavy atom. The Labute approximate surface area is 302 Å². The van der Waals surface area contributed by atoms with Crippen LogP contribution in [-0.2, 0) is 0 Å². The van der Waals surface area contributed by atoms with Crippen molar-refractivity contribution in [2.75, 3.05) is 0 Å². The monoisotopic (exact) mass is 652 g/mol. The van der Waals surface area contributed by atoms with Gasteiger partial charge in [-0.1, -0.05) is 176 Å². The van der Waals surface area contributed by atoms with E-state index >= 15 is 0 Å². The lowest BCUT2D eigenvalue weighted by Gasteiger charge is -2.18. The van der Waals surface area contributed by atoms with Crippen molar-refractivity contribution in [1.82, 2.24) is 0 Å². The van der Waals surface area contributed by atoms with Crippen LogP contribution in [0.2, 0.25) is 0 Å². The van der Waals surface area contributed by atoms with Crippen molar-refractivity contribution >= 4 is 43.5 Å². The Morgan fingerprint density at radius 2 is 0.784 bits per heavy atom. The fourth-order valence-electron chi connectivity index (χ4n) is 7.58. The third-order valence-electron chi connectivity index (χ3n) is 9.95. The Balaban J connectivity index is 1.16. The van der Waals surface area contributed by atoms with Gasteiger partial charge >= 0.3 is 0 Å². The lowest BCUT2D eigenvalue weighted by Crippen LogP contribution is -1.91. The van der Waals surface area contributed by atoms with Gasteiger partial charge in [-0.25, -0.2) is 0 Å². The molecule has 0 saturated carbocycles. The predicted molar refractivity (Wildman–Crippen MR) is 216 cm³/mol. The highest BCUT2D eigenvalue weighted by Crippen LogP contribution is 2.47. The first-order chi connectivity index (χ1) is 27.0. The van der Waals surface area contributed by atoms with Gasteiger partial charge in [-0.05, 0) is 95.4 Å². The molecule has 238 valence electrons. The number of hydrogen-bond acceptors (Lipinski definition) is 1. The van der Waals surface area contributed by atoms with Gasteiger partial charge in [-0.15, -0.1) is 0 Å². The van der Waals surface area contributed by atoms with E-state index in [-0.39, 0.29) is 24.2 Å². The van der Waals surface area contributed by atoms with Crippen LogP contribution >= 0.6 is 0 Å². The molecule has 0 amide bonds. The quantitative estimate of drug-likeness (QED) is 0.169. The van der Waals surface area contributed by atoms with Gasteiger partial charge in [-0.3, -0.25) is 0 Å². The Hall–Kier alpha value is -6.70. The van der Waals surface area contributed by atoms with Crippen LogP contribution in [0.25, 0.3) is 99.1 Å². The van der Waals surface area contributed by atoms with Crippen LogP contribution in [-0.4, -0.2) is 0 Å². The van der Waals surface area contributed by atoms with Crippen molar-refractivity contribution in [2.24, 2.45) is 0 Å². The van der Waals surface area contributed by atoms with Crippen molar-refractivity contribution in [1.29, 1.82) is 0 Å². The maximum absolute atomic E-state index is 8.95. The first kappa shape index (κ1) is 25.3. The van der Waals surface area contributed by atoms with Crippen LogP contribution in [0, 0.1) is 0 Å². The molecule has 9 aromatic carbocycles. The van der Waals surface area contributed by atoms with E-state index in [4.69, 9.17) is 9.90 Å². The minimum atomic E-state index is -0.0512. The maximum atomic E-state index is 8.95. The Kier molecular flexibility index (Phi) is 5.96. The zero-order valence-corrected chi connectivity index (χ0v) is 27.6. The highest BCUT2D eigenvalue weighted by molar-refractivity contribution is 6.25. The van der Waals surface area contributed by atoms with E-state index in [1.807, 2.05) is 60.7 Å². The van der Waals surface area contributed by atoms with E-state index < -0.39 is 0 Å². The average molecular weight is 653 g/mol. The van der Waals surface area contributed by atoms with Crippen molar-refractivity contribution in [3.63, 3.8) is 0 Å². The van der Waals surface area contributed by atoms with Crippen LogP contribution in [0.1, 0.15) is 5.48 Å². The molecule has 0 saturated heterocycles. The lowest BCUT2D eigenvalue weighted by atomic mass is 9.84. The number of rotatable bonds is 5. The van der Waals surface area contributed by atoms with Gasteiger partial charge in [0.1, 0.15) is 11.2 Å². The molecule has 0 radical (unpaired) electrons. The first-order valence-corrected chi connectivity index (χ1v) is 17.2. The Morgan fingerprint density at radius 1 is 0.314 bits per heavy atom. The molecule has 1 aromatic heterocycles. The van der Waals surface area contributed by atoms with Gasteiger partial charge in [0, 0.05) is 10.8 Å². The maximum Gasteiger partial charge on any atom is 0.136 e. The second-order valence-corrected chi connectivity index (χ2v) is 12.9. The van der Waals surface area contributed by atoms with E-state index in [1.165, 1.54) is 0 Å². The summed E-state index contributed by atoms with van der Waals surface area (Å²) in [6.07, 6.45) is 0. The van der Waals surface area contributed by atoms with Gasteiger partial charge < -0.3 is 4.42 Å². The summed E-state index contributed by atoms with van der Waals surface area (Å²) in [7, 11) is 0. The second kappa shape index (κ2) is 12.0. The summed E-state index contributed by atoms with van der Waals surface area (Å²) in [6.45, 7) is 0. The van der Waals surface area contributed by atoms with Crippen LogP contribution in [0.4, 0.5) is 0 Å². The van der Waals surface area contributed by atoms with Crippen LogP contribution in [0.15, 0.2) is 198 Å². The smallest absolute Gasteiger partial charge is 0.136 e. The highest BCUT2D eigenvalue weighted by atomic mass is 16.3. The first-order valence-electron chi connectivity index (χ1n) is 19.2. The molecular weight excluding hydrogens is 617 g/mol. The molecule has 0 unspecified atom stereocenters. The minimum Gasteiger partial charge on any atom is -0.456 e. The third kappa shape index (κ3) is 4.94. The largest absolute Gasteiger partial charge is 0.456 e. The van der Waals surface area contributed by atoms with E-state index in [0.29, 0.717) is 22.3 Å². The summed E-state index contributed by atoms with van der Waals surface area (Å²) < 4.78 is 42.1. The molecule has 0 aliphatic carbocycles. The van der Waals surface area contributed by atoms with Crippen molar-refractivity contribution < 1.29 is 9.90 Å². The average Bonchev–Trinajstić information content (AvgIpc) is 3.62. The third-order valence-corrected chi connectivity index (χ3v) is 9.95. The molecule has 51 heavy (non-hydrogen) atoms. The van der Waals surface area contributed by atoms with Crippen LogP contribution < -0.4 is 0 Å². The van der Waals surface area contributed by atoms with Gasteiger partial charge in [-0.2, -0.15) is 0 Å². The molecular formula is C50H32O. The van der Waals surface area contributed by atoms with Crippen LogP contribution in [0.3, 0.4) is 0 Å². The molecule has 0 bridgehead atoms. The molecule has 0 spiro atoms. The lowest BCUT2D eigenvalue weighted by molar-refractivity contribution is 0.669. The number of furan rings is 1. The molecule has 1 heteroatoms. The fraction of sp³-hybridized carbons (Fsp3) is 0. The second-order valence-electron chi connectivity index (χ2n) is 12.9.